The van der Waals surface area contributed by atoms with Crippen molar-refractivity contribution in [3.05, 3.63) is 29.3 Å². The number of benzene rings is 1. The third-order valence-corrected chi connectivity index (χ3v) is 3.72. The zero-order chi connectivity index (χ0) is 13.3. The third-order valence-electron chi connectivity index (χ3n) is 3.72. The number of unbranched alkanes of at least 4 members (excludes halogenated alkanes) is 1. The first kappa shape index (κ1) is 12.8. The number of aldehydes is 1. The topological polar surface area (TPSA) is 37.4 Å². The van der Waals surface area contributed by atoms with Gasteiger partial charge in [-0.2, -0.15) is 0 Å². The molecule has 96 valence electrons. The van der Waals surface area contributed by atoms with Gasteiger partial charge in [0.05, 0.1) is 5.41 Å². The van der Waals surface area contributed by atoms with Crippen molar-refractivity contribution in [1.82, 2.24) is 0 Å². The van der Waals surface area contributed by atoms with Crippen LogP contribution in [0.5, 0.6) is 0 Å². The van der Waals surface area contributed by atoms with Gasteiger partial charge in [-0.05, 0) is 43.9 Å². The number of hydrogen-bond acceptors (Lipinski definition) is 2. The maximum absolute atomic E-state index is 12.1. The van der Waals surface area contributed by atoms with E-state index in [1.807, 2.05) is 27.0 Å². The Morgan fingerprint density at radius 1 is 1.33 bits per heavy atom. The predicted octanol–water partition coefficient (Wildman–Crippen LogP) is 2.46. The quantitative estimate of drug-likeness (QED) is 0.603. The fraction of sp³-hybridized carbons (Fsp3) is 0.467. The average molecular weight is 245 g/mol. The van der Waals surface area contributed by atoms with Crippen molar-refractivity contribution in [2.24, 2.45) is 0 Å². The van der Waals surface area contributed by atoms with Crippen LogP contribution >= 0.6 is 0 Å². The molecule has 0 aromatic heterocycles. The van der Waals surface area contributed by atoms with E-state index in [9.17, 15) is 9.59 Å². The van der Waals surface area contributed by atoms with Gasteiger partial charge < -0.3 is 9.69 Å². The van der Waals surface area contributed by atoms with Crippen LogP contribution in [0.2, 0.25) is 0 Å². The molecule has 1 aromatic rings. The normalized spacial score (nSPS) is 16.8. The lowest BCUT2D eigenvalue weighted by Crippen LogP contribution is -2.33. The number of nitrogens with zero attached hydrogens (tertiary/aromatic N) is 1. The molecule has 0 spiro atoms. The highest BCUT2D eigenvalue weighted by Gasteiger charge is 2.41. The minimum atomic E-state index is -0.440. The lowest BCUT2D eigenvalue weighted by Gasteiger charge is -2.16. The number of hydrogen-bond donors (Lipinski definition) is 0. The Labute approximate surface area is 108 Å². The number of amides is 1. The van der Waals surface area contributed by atoms with Crippen LogP contribution in [0.25, 0.3) is 0 Å². The van der Waals surface area contributed by atoms with Gasteiger partial charge in [-0.1, -0.05) is 12.1 Å². The smallest absolute Gasteiger partial charge is 0.236 e. The summed E-state index contributed by atoms with van der Waals surface area (Å²) in [5.41, 5.74) is 2.86. The molecular weight excluding hydrogens is 226 g/mol. The Morgan fingerprint density at radius 3 is 2.72 bits per heavy atom. The number of fused-ring (bicyclic) bond motifs is 1. The van der Waals surface area contributed by atoms with E-state index in [0.29, 0.717) is 6.42 Å². The molecule has 0 saturated heterocycles. The third kappa shape index (κ3) is 1.94. The minimum absolute atomic E-state index is 0.141. The Hall–Kier alpha value is -1.64. The standard InChI is InChI=1S/C15H19NO2/c1-15(2)12-10-11(6-4-5-9-17)7-8-13(12)16(3)14(15)18/h7-10H,4-6H2,1-3H3. The Morgan fingerprint density at radius 2 is 2.06 bits per heavy atom. The van der Waals surface area contributed by atoms with E-state index in [4.69, 9.17) is 0 Å². The average Bonchev–Trinajstić information content (AvgIpc) is 2.52. The lowest BCUT2D eigenvalue weighted by atomic mass is 9.85. The number of anilines is 1. The summed E-state index contributed by atoms with van der Waals surface area (Å²) in [4.78, 5) is 24.2. The van der Waals surface area contributed by atoms with Gasteiger partial charge in [0.25, 0.3) is 0 Å². The molecule has 1 aromatic carbocycles. The monoisotopic (exact) mass is 245 g/mol. The van der Waals surface area contributed by atoms with E-state index in [1.165, 1.54) is 5.56 Å². The zero-order valence-corrected chi connectivity index (χ0v) is 11.2. The number of rotatable bonds is 4. The molecule has 1 heterocycles. The number of likely N-dealkylation sites (N-methyl/N-ethyl adjacent to an activating group) is 1. The fourth-order valence-electron chi connectivity index (χ4n) is 2.57. The number of aryl methyl sites for hydroxylation is 1. The van der Waals surface area contributed by atoms with Gasteiger partial charge in [0.15, 0.2) is 0 Å². The summed E-state index contributed by atoms with van der Waals surface area (Å²) in [6, 6.07) is 6.18. The van der Waals surface area contributed by atoms with Gasteiger partial charge in [0.1, 0.15) is 6.29 Å². The highest BCUT2D eigenvalue weighted by atomic mass is 16.2. The van der Waals surface area contributed by atoms with Crippen molar-refractivity contribution in [2.75, 3.05) is 11.9 Å². The van der Waals surface area contributed by atoms with Crippen molar-refractivity contribution in [2.45, 2.75) is 38.5 Å². The van der Waals surface area contributed by atoms with Crippen LogP contribution in [0.3, 0.4) is 0 Å². The minimum Gasteiger partial charge on any atom is -0.314 e. The molecule has 0 atom stereocenters. The first-order valence-corrected chi connectivity index (χ1v) is 6.33. The molecule has 1 aliphatic rings. The van der Waals surface area contributed by atoms with E-state index in [2.05, 4.69) is 12.1 Å². The summed E-state index contributed by atoms with van der Waals surface area (Å²) < 4.78 is 0. The SMILES string of the molecule is CN1C(=O)C(C)(C)c2cc(CCCC=O)ccc21. The van der Waals surface area contributed by atoms with Gasteiger partial charge in [0.2, 0.25) is 5.91 Å². The van der Waals surface area contributed by atoms with E-state index in [-0.39, 0.29) is 5.91 Å². The van der Waals surface area contributed by atoms with E-state index < -0.39 is 5.41 Å². The Kier molecular flexibility index (Phi) is 3.24. The van der Waals surface area contributed by atoms with Crippen LogP contribution in [0.15, 0.2) is 18.2 Å². The van der Waals surface area contributed by atoms with Crippen LogP contribution in [0, 0.1) is 0 Å². The molecule has 0 saturated carbocycles. The molecule has 3 nitrogen and oxygen atoms in total. The van der Waals surface area contributed by atoms with E-state index in [1.54, 1.807) is 4.90 Å². The van der Waals surface area contributed by atoms with Gasteiger partial charge in [-0.3, -0.25) is 4.79 Å². The molecule has 0 bridgehead atoms. The molecular formula is C15H19NO2. The molecule has 1 amide bonds. The summed E-state index contributed by atoms with van der Waals surface area (Å²) >= 11 is 0. The first-order valence-electron chi connectivity index (χ1n) is 6.33. The van der Waals surface area contributed by atoms with Crippen molar-refractivity contribution in [1.29, 1.82) is 0 Å². The van der Waals surface area contributed by atoms with Crippen molar-refractivity contribution >= 4 is 17.9 Å². The Bertz CT molecular complexity index is 491. The van der Waals surface area contributed by atoms with E-state index in [0.717, 1.165) is 30.4 Å². The molecule has 0 unspecified atom stereocenters. The van der Waals surface area contributed by atoms with Crippen molar-refractivity contribution < 1.29 is 9.59 Å². The fourth-order valence-corrected chi connectivity index (χ4v) is 2.57. The predicted molar refractivity (Wildman–Crippen MR) is 71.9 cm³/mol. The van der Waals surface area contributed by atoms with E-state index >= 15 is 0 Å². The second-order valence-electron chi connectivity index (χ2n) is 5.40. The number of carbonyl (C=O) groups excluding carboxylic acids is 2. The first-order chi connectivity index (χ1) is 8.48. The van der Waals surface area contributed by atoms with Crippen LogP contribution in [0.4, 0.5) is 5.69 Å². The molecule has 0 fully saturated rings. The van der Waals surface area contributed by atoms with Gasteiger partial charge in [-0.25, -0.2) is 0 Å². The second kappa shape index (κ2) is 4.56. The van der Waals surface area contributed by atoms with Gasteiger partial charge in [0, 0.05) is 19.2 Å². The number of carbonyl (C=O) groups is 2. The molecule has 0 aliphatic carbocycles. The maximum Gasteiger partial charge on any atom is 0.236 e. The highest BCUT2D eigenvalue weighted by molar-refractivity contribution is 6.07. The van der Waals surface area contributed by atoms with Gasteiger partial charge in [-0.15, -0.1) is 0 Å². The van der Waals surface area contributed by atoms with Gasteiger partial charge >= 0.3 is 0 Å². The summed E-state index contributed by atoms with van der Waals surface area (Å²) in [6.45, 7) is 3.93. The lowest BCUT2D eigenvalue weighted by molar-refractivity contribution is -0.121. The Balaban J connectivity index is 2.30. The molecule has 2 rings (SSSR count). The summed E-state index contributed by atoms with van der Waals surface area (Å²) in [5.74, 6) is 0.141. The molecule has 3 heteroatoms. The second-order valence-corrected chi connectivity index (χ2v) is 5.40. The molecule has 0 radical (unpaired) electrons. The summed E-state index contributed by atoms with van der Waals surface area (Å²) in [7, 11) is 1.82. The van der Waals surface area contributed by atoms with Crippen LogP contribution in [-0.2, 0) is 21.4 Å². The molecule has 0 N–H and O–H groups in total. The zero-order valence-electron chi connectivity index (χ0n) is 11.2. The summed E-state index contributed by atoms with van der Waals surface area (Å²) in [5, 5.41) is 0. The maximum atomic E-state index is 12.1. The largest absolute Gasteiger partial charge is 0.314 e. The van der Waals surface area contributed by atoms with Crippen molar-refractivity contribution in [3.63, 3.8) is 0 Å². The summed E-state index contributed by atoms with van der Waals surface area (Å²) in [6.07, 6.45) is 3.31. The van der Waals surface area contributed by atoms with Crippen LogP contribution in [-0.4, -0.2) is 19.2 Å². The molecule has 1 aliphatic heterocycles. The van der Waals surface area contributed by atoms with Crippen LogP contribution < -0.4 is 4.90 Å². The highest BCUT2D eigenvalue weighted by Crippen LogP contribution is 2.41. The molecule has 18 heavy (non-hydrogen) atoms. The van der Waals surface area contributed by atoms with Crippen LogP contribution in [0.1, 0.15) is 37.8 Å². The van der Waals surface area contributed by atoms with Crippen molar-refractivity contribution in [3.8, 4) is 0 Å².